The molecule has 3 aliphatic rings. The van der Waals surface area contributed by atoms with Crippen molar-refractivity contribution in [2.75, 3.05) is 13.7 Å². The van der Waals surface area contributed by atoms with E-state index < -0.39 is 0 Å². The zero-order valence-corrected chi connectivity index (χ0v) is 12.5. The number of ether oxygens (including phenoxy) is 1. The summed E-state index contributed by atoms with van der Waals surface area (Å²) in [5.41, 5.74) is 0.842. The lowest BCUT2D eigenvalue weighted by molar-refractivity contribution is -0.141. The molecule has 1 aromatic heterocycles. The zero-order valence-electron chi connectivity index (χ0n) is 11.7. The van der Waals surface area contributed by atoms with Gasteiger partial charge in [0.15, 0.2) is 0 Å². The first-order valence-corrected chi connectivity index (χ1v) is 8.28. The van der Waals surface area contributed by atoms with E-state index >= 15 is 0 Å². The van der Waals surface area contributed by atoms with E-state index in [0.29, 0.717) is 0 Å². The van der Waals surface area contributed by atoms with Crippen molar-refractivity contribution >= 4 is 17.2 Å². The van der Waals surface area contributed by atoms with Crippen molar-refractivity contribution in [3.63, 3.8) is 0 Å². The molecule has 2 heterocycles. The van der Waals surface area contributed by atoms with Crippen LogP contribution in [0.1, 0.15) is 43.8 Å². The van der Waals surface area contributed by atoms with Crippen LogP contribution < -0.4 is 5.32 Å². The number of carbonyl (C=O) groups excluding carboxylic acids is 1. The molecular weight excluding hydrogens is 272 g/mol. The van der Waals surface area contributed by atoms with Crippen LogP contribution in [0, 0.1) is 0 Å². The van der Waals surface area contributed by atoms with Crippen molar-refractivity contribution in [2.24, 2.45) is 0 Å². The number of methoxy groups -OCH3 is 1. The van der Waals surface area contributed by atoms with Gasteiger partial charge in [-0.25, -0.2) is 0 Å². The van der Waals surface area contributed by atoms with Gasteiger partial charge in [-0.05, 0) is 54.5 Å². The van der Waals surface area contributed by atoms with Gasteiger partial charge in [-0.15, -0.1) is 0 Å². The molecule has 1 saturated heterocycles. The van der Waals surface area contributed by atoms with Crippen LogP contribution in [0.5, 0.6) is 0 Å². The summed E-state index contributed by atoms with van der Waals surface area (Å²) in [5, 5.41) is 7.78. The Hall–Kier alpha value is -0.910. The molecule has 20 heavy (non-hydrogen) atoms. The molecule has 108 valence electrons. The third-order valence-electron chi connectivity index (χ3n) is 5.16. The first-order chi connectivity index (χ1) is 9.68. The number of nitrogens with one attached hydrogen (secondary N) is 1. The Bertz CT molecular complexity index is 514. The number of hydrogen-bond acceptors (Lipinski definition) is 4. The van der Waals surface area contributed by atoms with Crippen molar-refractivity contribution < 1.29 is 9.53 Å². The van der Waals surface area contributed by atoms with E-state index in [2.05, 4.69) is 22.1 Å². The normalized spacial score (nSPS) is 29.8. The minimum atomic E-state index is -0.259. The molecule has 4 rings (SSSR count). The van der Waals surface area contributed by atoms with E-state index in [9.17, 15) is 4.79 Å². The van der Waals surface area contributed by atoms with Crippen LogP contribution in [0.4, 0.5) is 0 Å². The highest BCUT2D eigenvalue weighted by Crippen LogP contribution is 2.48. The summed E-state index contributed by atoms with van der Waals surface area (Å²) in [6, 6.07) is 2.12. The molecule has 1 amide bonds. The van der Waals surface area contributed by atoms with Gasteiger partial charge in [0.1, 0.15) is 11.7 Å². The van der Waals surface area contributed by atoms with Gasteiger partial charge in [0, 0.05) is 7.11 Å². The van der Waals surface area contributed by atoms with Gasteiger partial charge >= 0.3 is 0 Å². The maximum absolute atomic E-state index is 12.7. The fraction of sp³-hybridized carbons (Fsp3) is 0.667. The lowest BCUT2D eigenvalue weighted by Gasteiger charge is -2.44. The second kappa shape index (κ2) is 4.29. The standard InChI is InChI=1S/C15H20N2O2S/c1-19-14(4-2-5-14)10-17-12(11-3-8-20-9-11)16-15(6-7-15)13(17)18/h3,8-9,12,16H,2,4-7,10H2,1H3. The third kappa shape index (κ3) is 1.76. The van der Waals surface area contributed by atoms with Crippen LogP contribution in [0.25, 0.3) is 0 Å². The molecule has 3 fully saturated rings. The summed E-state index contributed by atoms with van der Waals surface area (Å²) in [6.07, 6.45) is 5.32. The van der Waals surface area contributed by atoms with Crippen LogP contribution in [0.2, 0.25) is 0 Å². The SMILES string of the molecule is COC1(CN2C(=O)C3(CC3)NC2c2ccsc2)CCC1. The van der Waals surface area contributed by atoms with Crippen LogP contribution >= 0.6 is 11.3 Å². The summed E-state index contributed by atoms with van der Waals surface area (Å²) in [4.78, 5) is 14.8. The molecule has 0 bridgehead atoms. The fourth-order valence-corrected chi connectivity index (χ4v) is 4.12. The predicted octanol–water partition coefficient (Wildman–Crippen LogP) is 2.28. The van der Waals surface area contributed by atoms with Gasteiger partial charge in [-0.2, -0.15) is 11.3 Å². The quantitative estimate of drug-likeness (QED) is 0.925. The molecule has 1 atom stereocenters. The Morgan fingerprint density at radius 1 is 1.45 bits per heavy atom. The minimum absolute atomic E-state index is 0.0314. The van der Waals surface area contributed by atoms with E-state index in [1.807, 2.05) is 4.90 Å². The monoisotopic (exact) mass is 292 g/mol. The first-order valence-electron chi connectivity index (χ1n) is 7.34. The molecule has 1 N–H and O–H groups in total. The van der Waals surface area contributed by atoms with E-state index in [4.69, 9.17) is 4.74 Å². The first kappa shape index (κ1) is 12.8. The summed E-state index contributed by atoms with van der Waals surface area (Å²) in [7, 11) is 1.78. The van der Waals surface area contributed by atoms with Crippen LogP contribution in [0.15, 0.2) is 16.8 Å². The number of thiophene rings is 1. The Kier molecular flexibility index (Phi) is 2.75. The van der Waals surface area contributed by atoms with Gasteiger partial charge in [0.05, 0.1) is 12.1 Å². The van der Waals surface area contributed by atoms with Crippen molar-refractivity contribution in [3.05, 3.63) is 22.4 Å². The highest BCUT2D eigenvalue weighted by Gasteiger charge is 2.60. The summed E-state index contributed by atoms with van der Waals surface area (Å²) < 4.78 is 5.72. The minimum Gasteiger partial charge on any atom is -0.376 e. The third-order valence-corrected chi connectivity index (χ3v) is 5.86. The smallest absolute Gasteiger partial charge is 0.244 e. The molecule has 1 aromatic rings. The van der Waals surface area contributed by atoms with Gasteiger partial charge in [-0.1, -0.05) is 0 Å². The molecule has 5 heteroatoms. The largest absolute Gasteiger partial charge is 0.376 e. The maximum atomic E-state index is 12.7. The molecule has 2 aliphatic carbocycles. The zero-order chi connectivity index (χ0) is 13.8. The Morgan fingerprint density at radius 2 is 2.25 bits per heavy atom. The van der Waals surface area contributed by atoms with E-state index in [-0.39, 0.29) is 23.2 Å². The van der Waals surface area contributed by atoms with E-state index in [0.717, 1.165) is 32.2 Å². The van der Waals surface area contributed by atoms with E-state index in [1.165, 1.54) is 12.0 Å². The Morgan fingerprint density at radius 3 is 2.75 bits per heavy atom. The number of rotatable bonds is 4. The van der Waals surface area contributed by atoms with Gasteiger partial charge in [0.25, 0.3) is 0 Å². The molecule has 1 spiro atoms. The summed E-state index contributed by atoms with van der Waals surface area (Å²) in [6.45, 7) is 0.720. The summed E-state index contributed by atoms with van der Waals surface area (Å²) >= 11 is 1.68. The van der Waals surface area contributed by atoms with Gasteiger partial charge in [0.2, 0.25) is 5.91 Å². The van der Waals surface area contributed by atoms with Crippen LogP contribution in [0.3, 0.4) is 0 Å². The molecular formula is C15H20N2O2S. The maximum Gasteiger partial charge on any atom is 0.244 e. The highest BCUT2D eigenvalue weighted by molar-refractivity contribution is 7.07. The van der Waals surface area contributed by atoms with Gasteiger partial charge < -0.3 is 9.64 Å². The number of carbonyl (C=O) groups is 1. The number of nitrogens with zero attached hydrogens (tertiary/aromatic N) is 1. The van der Waals surface area contributed by atoms with Crippen molar-refractivity contribution in [1.82, 2.24) is 10.2 Å². The van der Waals surface area contributed by atoms with Crippen molar-refractivity contribution in [1.29, 1.82) is 0 Å². The lowest BCUT2D eigenvalue weighted by Crippen LogP contribution is -2.51. The topological polar surface area (TPSA) is 41.6 Å². The van der Waals surface area contributed by atoms with Crippen LogP contribution in [-0.2, 0) is 9.53 Å². The average molecular weight is 292 g/mol. The van der Waals surface area contributed by atoms with Gasteiger partial charge in [-0.3, -0.25) is 10.1 Å². The predicted molar refractivity (Wildman–Crippen MR) is 77.5 cm³/mol. The Labute approximate surface area is 123 Å². The highest BCUT2D eigenvalue weighted by atomic mass is 32.1. The van der Waals surface area contributed by atoms with Crippen molar-refractivity contribution in [2.45, 2.75) is 49.4 Å². The number of hydrogen-bond donors (Lipinski definition) is 1. The number of amides is 1. The second-order valence-electron chi connectivity index (χ2n) is 6.36. The molecule has 2 saturated carbocycles. The molecule has 4 nitrogen and oxygen atoms in total. The average Bonchev–Trinajstić information content (AvgIpc) is 2.90. The van der Waals surface area contributed by atoms with Crippen molar-refractivity contribution in [3.8, 4) is 0 Å². The molecule has 1 unspecified atom stereocenters. The molecule has 0 aromatic carbocycles. The lowest BCUT2D eigenvalue weighted by atomic mass is 9.79. The Balaban J connectivity index is 1.62. The fourth-order valence-electron chi connectivity index (χ4n) is 3.44. The molecule has 0 radical (unpaired) electrons. The van der Waals surface area contributed by atoms with E-state index in [1.54, 1.807) is 18.4 Å². The van der Waals surface area contributed by atoms with Crippen LogP contribution in [-0.4, -0.2) is 35.6 Å². The molecule has 1 aliphatic heterocycles. The summed E-state index contributed by atoms with van der Waals surface area (Å²) in [5.74, 6) is 0.275. The second-order valence-corrected chi connectivity index (χ2v) is 7.14.